The zero-order valence-corrected chi connectivity index (χ0v) is 6.80. The number of rotatable bonds is 2. The van der Waals surface area contributed by atoms with Gasteiger partial charge < -0.3 is 5.32 Å². The molecule has 2 fully saturated rings. The summed E-state index contributed by atoms with van der Waals surface area (Å²) in [5, 5.41) is 5.41. The quantitative estimate of drug-likeness (QED) is 0.534. The van der Waals surface area contributed by atoms with Crippen LogP contribution in [0.15, 0.2) is 0 Å². The van der Waals surface area contributed by atoms with Crippen LogP contribution < -0.4 is 10.6 Å². The summed E-state index contributed by atoms with van der Waals surface area (Å²) in [6.45, 7) is 1.42. The normalized spacial score (nSPS) is 23.0. The molecule has 12 heavy (non-hydrogen) atoms. The maximum absolute atomic E-state index is 11.2. The molecule has 0 radical (unpaired) electrons. The Morgan fingerprint density at radius 1 is 1.08 bits per heavy atom. The van der Waals surface area contributed by atoms with E-state index < -0.39 is 0 Å². The van der Waals surface area contributed by atoms with Crippen molar-refractivity contribution in [3.63, 3.8) is 0 Å². The summed E-state index contributed by atoms with van der Waals surface area (Å²) in [5.41, 5.74) is 0. The zero-order valence-electron chi connectivity index (χ0n) is 6.80. The molecule has 2 aliphatic rings. The van der Waals surface area contributed by atoms with Crippen molar-refractivity contribution in [3.8, 4) is 0 Å². The molecule has 66 valence electrons. The molecule has 0 unspecified atom stereocenters. The van der Waals surface area contributed by atoms with Crippen molar-refractivity contribution in [2.75, 3.05) is 13.1 Å². The van der Waals surface area contributed by atoms with Gasteiger partial charge >= 0.3 is 0 Å². The fourth-order valence-corrected chi connectivity index (χ4v) is 1.15. The molecule has 0 aromatic rings. The van der Waals surface area contributed by atoms with Crippen LogP contribution in [0, 0.1) is 11.8 Å². The molecule has 1 saturated carbocycles. The van der Waals surface area contributed by atoms with Crippen molar-refractivity contribution >= 4 is 11.8 Å². The highest BCUT2D eigenvalue weighted by Crippen LogP contribution is 2.28. The largest absolute Gasteiger partial charge is 0.315 e. The third kappa shape index (κ3) is 1.48. The minimum Gasteiger partial charge on any atom is -0.315 e. The van der Waals surface area contributed by atoms with E-state index in [0.29, 0.717) is 13.1 Å². The zero-order chi connectivity index (χ0) is 8.55. The number of hydrogen-bond acceptors (Lipinski definition) is 3. The van der Waals surface area contributed by atoms with Crippen LogP contribution in [0.25, 0.3) is 0 Å². The predicted octanol–water partition coefficient (Wildman–Crippen LogP) is -0.741. The monoisotopic (exact) mass is 168 g/mol. The number of amides is 2. The number of carbonyl (C=O) groups is 2. The Morgan fingerprint density at radius 3 is 2.08 bits per heavy atom. The fourth-order valence-electron chi connectivity index (χ4n) is 1.15. The van der Waals surface area contributed by atoms with Gasteiger partial charge in [-0.3, -0.25) is 14.9 Å². The van der Waals surface area contributed by atoms with Crippen LogP contribution in [-0.2, 0) is 9.59 Å². The lowest BCUT2D eigenvalue weighted by Gasteiger charge is -2.25. The van der Waals surface area contributed by atoms with E-state index in [1.165, 1.54) is 0 Å². The van der Waals surface area contributed by atoms with E-state index in [9.17, 15) is 9.59 Å². The Morgan fingerprint density at radius 2 is 1.67 bits per heavy atom. The Bertz CT molecular complexity index is 219. The van der Waals surface area contributed by atoms with Gasteiger partial charge in [0.15, 0.2) is 0 Å². The summed E-state index contributed by atoms with van der Waals surface area (Å²) in [5.74, 6) is -0.0350. The molecule has 1 aliphatic carbocycles. The lowest BCUT2D eigenvalue weighted by Crippen LogP contribution is -2.52. The summed E-state index contributed by atoms with van der Waals surface area (Å²) >= 11 is 0. The summed E-state index contributed by atoms with van der Waals surface area (Å²) < 4.78 is 0. The second kappa shape index (κ2) is 2.86. The molecule has 2 N–H and O–H groups in total. The Balaban J connectivity index is 1.76. The third-order valence-corrected chi connectivity index (χ3v) is 2.35. The summed E-state index contributed by atoms with van der Waals surface area (Å²) in [6, 6.07) is 0. The molecule has 2 amide bonds. The minimum atomic E-state index is -0.106. The Hall–Kier alpha value is -0.900. The minimum absolute atomic E-state index is 0.0210. The van der Waals surface area contributed by atoms with E-state index in [4.69, 9.17) is 0 Å². The van der Waals surface area contributed by atoms with Crippen LogP contribution in [0.4, 0.5) is 0 Å². The molecule has 0 bridgehead atoms. The van der Waals surface area contributed by atoms with Gasteiger partial charge in [0.25, 0.3) is 0 Å². The number of hydrogen-bond donors (Lipinski definition) is 2. The molecule has 0 aromatic carbocycles. The van der Waals surface area contributed by atoms with Gasteiger partial charge in [0.1, 0.15) is 0 Å². The molecule has 4 nitrogen and oxygen atoms in total. The Labute approximate surface area is 70.7 Å². The number of carbonyl (C=O) groups excluding carboxylic acids is 2. The Kier molecular flexibility index (Phi) is 1.84. The van der Waals surface area contributed by atoms with Crippen LogP contribution in [0.2, 0.25) is 0 Å². The number of imide groups is 1. The van der Waals surface area contributed by atoms with E-state index in [1.54, 1.807) is 0 Å². The molecule has 0 aromatic heterocycles. The first-order valence-corrected chi connectivity index (χ1v) is 4.33. The molecule has 1 saturated heterocycles. The van der Waals surface area contributed by atoms with Crippen molar-refractivity contribution in [1.82, 2.24) is 10.6 Å². The van der Waals surface area contributed by atoms with Gasteiger partial charge in [0.05, 0.1) is 5.92 Å². The van der Waals surface area contributed by atoms with Gasteiger partial charge in [-0.25, -0.2) is 0 Å². The highest BCUT2D eigenvalue weighted by atomic mass is 16.2. The molecular weight excluding hydrogens is 156 g/mol. The molecular formula is C8H12N2O2. The average Bonchev–Trinajstić information content (AvgIpc) is 2.61. The predicted molar refractivity (Wildman–Crippen MR) is 42.2 cm³/mol. The first-order valence-electron chi connectivity index (χ1n) is 4.33. The maximum atomic E-state index is 11.2. The standard InChI is InChI=1S/C8H12N2O2/c11-7(5-1-2-5)10-8(12)6-3-9-4-6/h5-6,9H,1-4H2,(H,10,11,12). The van der Waals surface area contributed by atoms with Gasteiger partial charge in [-0.05, 0) is 12.8 Å². The van der Waals surface area contributed by atoms with Gasteiger partial charge in [-0.2, -0.15) is 0 Å². The van der Waals surface area contributed by atoms with Gasteiger partial charge in [-0.1, -0.05) is 0 Å². The van der Waals surface area contributed by atoms with Gasteiger partial charge in [0.2, 0.25) is 11.8 Å². The number of nitrogens with one attached hydrogen (secondary N) is 2. The van der Waals surface area contributed by atoms with E-state index >= 15 is 0 Å². The first kappa shape index (κ1) is 7.73. The second-order valence-electron chi connectivity index (χ2n) is 3.48. The molecule has 2 rings (SSSR count). The van der Waals surface area contributed by atoms with E-state index in [1.807, 2.05) is 0 Å². The van der Waals surface area contributed by atoms with Crippen molar-refractivity contribution in [2.24, 2.45) is 11.8 Å². The van der Waals surface area contributed by atoms with E-state index in [-0.39, 0.29) is 23.7 Å². The second-order valence-corrected chi connectivity index (χ2v) is 3.48. The summed E-state index contributed by atoms with van der Waals surface area (Å²) in [7, 11) is 0. The molecule has 0 atom stereocenters. The topological polar surface area (TPSA) is 58.2 Å². The van der Waals surface area contributed by atoms with Crippen LogP contribution in [0.3, 0.4) is 0 Å². The SMILES string of the molecule is O=C(NC(=O)C1CNC1)C1CC1. The van der Waals surface area contributed by atoms with Crippen LogP contribution >= 0.6 is 0 Å². The highest BCUT2D eigenvalue weighted by molar-refractivity contribution is 5.98. The highest BCUT2D eigenvalue weighted by Gasteiger charge is 2.33. The maximum Gasteiger partial charge on any atom is 0.232 e. The van der Waals surface area contributed by atoms with Crippen molar-refractivity contribution in [2.45, 2.75) is 12.8 Å². The molecule has 0 spiro atoms. The lowest BCUT2D eigenvalue weighted by molar-refractivity contribution is -0.134. The smallest absolute Gasteiger partial charge is 0.232 e. The van der Waals surface area contributed by atoms with E-state index in [2.05, 4.69) is 10.6 Å². The fraction of sp³-hybridized carbons (Fsp3) is 0.750. The molecule has 4 heteroatoms. The van der Waals surface area contributed by atoms with E-state index in [0.717, 1.165) is 12.8 Å². The molecule has 1 heterocycles. The summed E-state index contributed by atoms with van der Waals surface area (Å²) in [6.07, 6.45) is 1.89. The van der Waals surface area contributed by atoms with Crippen molar-refractivity contribution in [1.29, 1.82) is 0 Å². The van der Waals surface area contributed by atoms with Crippen LogP contribution in [0.1, 0.15) is 12.8 Å². The van der Waals surface area contributed by atoms with Crippen molar-refractivity contribution in [3.05, 3.63) is 0 Å². The average molecular weight is 168 g/mol. The van der Waals surface area contributed by atoms with Crippen LogP contribution in [-0.4, -0.2) is 24.9 Å². The van der Waals surface area contributed by atoms with Gasteiger partial charge in [-0.15, -0.1) is 0 Å². The third-order valence-electron chi connectivity index (χ3n) is 2.35. The summed E-state index contributed by atoms with van der Waals surface area (Å²) in [4.78, 5) is 22.3. The molecule has 1 aliphatic heterocycles. The van der Waals surface area contributed by atoms with Crippen LogP contribution in [0.5, 0.6) is 0 Å². The van der Waals surface area contributed by atoms with Gasteiger partial charge in [0, 0.05) is 19.0 Å². The first-order chi connectivity index (χ1) is 5.77. The lowest BCUT2D eigenvalue weighted by atomic mass is 10.0. The van der Waals surface area contributed by atoms with Crippen molar-refractivity contribution < 1.29 is 9.59 Å².